The van der Waals surface area contributed by atoms with E-state index in [0.29, 0.717) is 42.4 Å². The van der Waals surface area contributed by atoms with Gasteiger partial charge in [-0.25, -0.2) is 9.78 Å². The monoisotopic (exact) mass is 718 g/mol. The van der Waals surface area contributed by atoms with Crippen molar-refractivity contribution in [3.63, 3.8) is 0 Å². The van der Waals surface area contributed by atoms with Gasteiger partial charge < -0.3 is 38.5 Å². The molecule has 0 spiro atoms. The van der Waals surface area contributed by atoms with Gasteiger partial charge in [-0.15, -0.1) is 0 Å². The second kappa shape index (κ2) is 15.6. The lowest BCUT2D eigenvalue weighted by Crippen LogP contribution is -2.43. The van der Waals surface area contributed by atoms with Gasteiger partial charge >= 0.3 is 11.9 Å². The number of allylic oxidation sites excluding steroid dienone is 1. The van der Waals surface area contributed by atoms with Crippen LogP contribution in [-0.4, -0.2) is 70.1 Å². The van der Waals surface area contributed by atoms with Crippen LogP contribution in [0.1, 0.15) is 49.1 Å². The maximum absolute atomic E-state index is 14.5. The number of hydrogen-bond donors (Lipinski definition) is 2. The third-order valence-corrected chi connectivity index (χ3v) is 9.51. The summed E-state index contributed by atoms with van der Waals surface area (Å²) in [7, 11) is 0. The van der Waals surface area contributed by atoms with Crippen LogP contribution in [0, 0.1) is 0 Å². The van der Waals surface area contributed by atoms with E-state index in [1.54, 1.807) is 6.08 Å². The molecule has 1 amide bonds. The van der Waals surface area contributed by atoms with Gasteiger partial charge in [-0.1, -0.05) is 60.7 Å². The number of carbonyl (C=O) groups is 3. The van der Waals surface area contributed by atoms with Crippen LogP contribution in [0.3, 0.4) is 0 Å². The Morgan fingerprint density at radius 1 is 0.962 bits per heavy atom. The average Bonchev–Trinajstić information content (AvgIpc) is 3.95. The Labute approximate surface area is 304 Å². The van der Waals surface area contributed by atoms with Crippen LogP contribution in [0.25, 0.3) is 27.9 Å². The first-order valence-corrected chi connectivity index (χ1v) is 17.4. The van der Waals surface area contributed by atoms with Crippen molar-refractivity contribution in [3.8, 4) is 11.5 Å². The molecule has 272 valence electrons. The van der Waals surface area contributed by atoms with Gasteiger partial charge in [-0.05, 0) is 71.7 Å². The summed E-state index contributed by atoms with van der Waals surface area (Å²) in [6.45, 7) is 2.47. The SMILES string of the molecule is C[C@H]([C@H](C/C=C/c1nc2ccccc2o1)c1ccc2c(c1)OCO2)N(Cc1ccc2ccccc2c1)C(=O)C(O)=C(CC(=O)O)C(=O)OC1CCOC1. The molecule has 2 aliphatic rings. The van der Waals surface area contributed by atoms with Crippen molar-refractivity contribution >= 4 is 45.8 Å². The Morgan fingerprint density at radius 2 is 1.75 bits per heavy atom. The van der Waals surface area contributed by atoms with Crippen molar-refractivity contribution in [1.29, 1.82) is 0 Å². The number of fused-ring (bicyclic) bond motifs is 3. The Kier molecular flexibility index (Phi) is 10.4. The molecule has 1 saturated heterocycles. The summed E-state index contributed by atoms with van der Waals surface area (Å²) in [6, 6.07) is 26.0. The molecule has 53 heavy (non-hydrogen) atoms. The fourth-order valence-corrected chi connectivity index (χ4v) is 6.68. The predicted octanol–water partition coefficient (Wildman–Crippen LogP) is 6.93. The Hall–Kier alpha value is -6.14. The molecule has 5 aromatic rings. The summed E-state index contributed by atoms with van der Waals surface area (Å²) >= 11 is 0. The van der Waals surface area contributed by atoms with Gasteiger partial charge in [0.05, 0.1) is 25.2 Å². The zero-order chi connectivity index (χ0) is 36.9. The number of ether oxygens (including phenoxy) is 4. The van der Waals surface area contributed by atoms with E-state index in [1.807, 2.05) is 97.9 Å². The third kappa shape index (κ3) is 8.02. The first kappa shape index (κ1) is 35.3. The molecule has 2 N–H and O–H groups in total. The van der Waals surface area contributed by atoms with Gasteiger partial charge in [-0.3, -0.25) is 9.59 Å². The number of oxazole rings is 1. The van der Waals surface area contributed by atoms with Gasteiger partial charge in [-0.2, -0.15) is 0 Å². The van der Waals surface area contributed by atoms with E-state index in [-0.39, 0.29) is 19.9 Å². The molecule has 1 aromatic heterocycles. The minimum atomic E-state index is -1.41. The summed E-state index contributed by atoms with van der Waals surface area (Å²) in [5, 5.41) is 23.2. The van der Waals surface area contributed by atoms with Crippen molar-refractivity contribution < 1.29 is 48.0 Å². The van der Waals surface area contributed by atoms with Crippen LogP contribution in [0.15, 0.2) is 107 Å². The Morgan fingerprint density at radius 3 is 2.55 bits per heavy atom. The number of aliphatic carboxylic acids is 1. The van der Waals surface area contributed by atoms with Gasteiger partial charge in [0.25, 0.3) is 5.91 Å². The Balaban J connectivity index is 1.27. The summed E-state index contributed by atoms with van der Waals surface area (Å²) < 4.78 is 27.9. The fraction of sp³-hybridized carbons (Fsp3) is 0.268. The third-order valence-electron chi connectivity index (χ3n) is 9.51. The fourth-order valence-electron chi connectivity index (χ4n) is 6.68. The molecule has 3 atom stereocenters. The minimum Gasteiger partial charge on any atom is -0.503 e. The summed E-state index contributed by atoms with van der Waals surface area (Å²) in [6.07, 6.45) is 2.94. The van der Waals surface area contributed by atoms with Crippen molar-refractivity contribution in [2.24, 2.45) is 0 Å². The van der Waals surface area contributed by atoms with E-state index in [0.717, 1.165) is 27.4 Å². The first-order valence-electron chi connectivity index (χ1n) is 17.4. The van der Waals surface area contributed by atoms with E-state index in [2.05, 4.69) is 4.98 Å². The molecule has 1 unspecified atom stereocenters. The molecule has 0 saturated carbocycles. The number of carboxylic acids is 1. The van der Waals surface area contributed by atoms with Crippen LogP contribution in [0.2, 0.25) is 0 Å². The summed E-state index contributed by atoms with van der Waals surface area (Å²) in [5.74, 6) is -3.25. The lowest BCUT2D eigenvalue weighted by atomic mass is 9.87. The number of amides is 1. The molecule has 1 fully saturated rings. The number of aliphatic hydroxyl groups is 1. The number of aromatic nitrogens is 1. The maximum Gasteiger partial charge on any atom is 0.338 e. The van der Waals surface area contributed by atoms with Crippen LogP contribution < -0.4 is 9.47 Å². The molecule has 2 aliphatic heterocycles. The molecule has 0 aliphatic carbocycles. The zero-order valence-electron chi connectivity index (χ0n) is 29.0. The molecule has 0 radical (unpaired) electrons. The standard InChI is InChI=1S/C41H38N2O10/c1-25(31(29-15-16-35-36(20-29)51-24-50-35)9-6-12-37-42-33-10-4-5-11-34(33)53-37)43(22-26-13-14-27-7-2-3-8-28(27)19-26)40(47)39(46)32(21-38(44)45)41(48)52-30-17-18-49-23-30/h2-8,10-16,19-20,25,30-31,46H,9,17-18,21-24H2,1H3,(H,44,45)/b12-6+,39-32?/t25-,30?,31+/m1/s1. The normalized spacial score (nSPS) is 16.8. The van der Waals surface area contributed by atoms with Crippen LogP contribution >= 0.6 is 0 Å². The quantitative estimate of drug-likeness (QED) is 0.0739. The highest BCUT2D eigenvalue weighted by atomic mass is 16.7. The number of para-hydroxylation sites is 2. The number of aliphatic hydroxyl groups excluding tert-OH is 1. The summed E-state index contributed by atoms with van der Waals surface area (Å²) in [4.78, 5) is 45.8. The van der Waals surface area contributed by atoms with Crippen LogP contribution in [0.4, 0.5) is 0 Å². The van der Waals surface area contributed by atoms with E-state index < -0.39 is 53.7 Å². The Bertz CT molecular complexity index is 2180. The van der Waals surface area contributed by atoms with Crippen molar-refractivity contribution in [1.82, 2.24) is 9.88 Å². The van der Waals surface area contributed by atoms with Crippen LogP contribution in [-0.2, 0) is 30.4 Å². The molecule has 7 rings (SSSR count). The highest BCUT2D eigenvalue weighted by Crippen LogP contribution is 2.38. The first-order chi connectivity index (χ1) is 25.7. The van der Waals surface area contributed by atoms with E-state index >= 15 is 0 Å². The zero-order valence-corrected chi connectivity index (χ0v) is 29.0. The van der Waals surface area contributed by atoms with Gasteiger partial charge in [0, 0.05) is 24.9 Å². The number of esters is 1. The maximum atomic E-state index is 14.5. The van der Waals surface area contributed by atoms with E-state index in [9.17, 15) is 24.6 Å². The van der Waals surface area contributed by atoms with Crippen molar-refractivity contribution in [3.05, 3.63) is 119 Å². The largest absolute Gasteiger partial charge is 0.503 e. The molecule has 4 aromatic carbocycles. The molecular formula is C41H38N2O10. The topological polar surface area (TPSA) is 158 Å². The predicted molar refractivity (Wildman–Crippen MR) is 194 cm³/mol. The lowest BCUT2D eigenvalue weighted by molar-refractivity contribution is -0.147. The molecule has 3 heterocycles. The van der Waals surface area contributed by atoms with Crippen molar-refractivity contribution in [2.75, 3.05) is 20.0 Å². The molecular weight excluding hydrogens is 680 g/mol. The summed E-state index contributed by atoms with van der Waals surface area (Å²) in [5.41, 5.74) is 2.31. The number of carbonyl (C=O) groups excluding carboxylic acids is 2. The number of rotatable bonds is 13. The minimum absolute atomic E-state index is 0.0245. The van der Waals surface area contributed by atoms with Gasteiger partial charge in [0.15, 0.2) is 22.8 Å². The smallest absolute Gasteiger partial charge is 0.338 e. The number of benzene rings is 4. The average molecular weight is 719 g/mol. The van der Waals surface area contributed by atoms with E-state index in [4.69, 9.17) is 23.4 Å². The second-order valence-corrected chi connectivity index (χ2v) is 13.0. The number of hydrogen-bond acceptors (Lipinski definition) is 10. The van der Waals surface area contributed by atoms with Crippen molar-refractivity contribution in [2.45, 2.75) is 50.8 Å². The van der Waals surface area contributed by atoms with E-state index in [1.165, 1.54) is 4.90 Å². The molecule has 0 bridgehead atoms. The molecule has 12 heteroatoms. The number of nitrogens with zero attached hydrogens (tertiary/aromatic N) is 2. The van der Waals surface area contributed by atoms with Gasteiger partial charge in [0.1, 0.15) is 11.6 Å². The second-order valence-electron chi connectivity index (χ2n) is 13.0. The highest BCUT2D eigenvalue weighted by Gasteiger charge is 2.35. The highest BCUT2D eigenvalue weighted by molar-refractivity contribution is 6.03. The van der Waals surface area contributed by atoms with Gasteiger partial charge in [0.2, 0.25) is 12.7 Å². The number of carboxylic acid groups (broad SMARTS) is 1. The van der Waals surface area contributed by atoms with Crippen LogP contribution in [0.5, 0.6) is 11.5 Å². The molecule has 12 nitrogen and oxygen atoms in total. The lowest BCUT2D eigenvalue weighted by Gasteiger charge is -2.35.